The fourth-order valence-corrected chi connectivity index (χ4v) is 0.336. The van der Waals surface area contributed by atoms with Crippen LogP contribution in [0, 0.1) is 0 Å². The number of nitrogens with two attached hydrogens (primary N) is 1. The topological polar surface area (TPSA) is 58.7 Å². The van der Waals surface area contributed by atoms with Crippen molar-refractivity contribution in [3.05, 3.63) is 0 Å². The fraction of sp³-hybridized carbons (Fsp3) is 0.667. The zero-order valence-corrected chi connectivity index (χ0v) is 6.37. The predicted molar refractivity (Wildman–Crippen MR) is 40.6 cm³/mol. The van der Waals surface area contributed by atoms with Gasteiger partial charge in [0.25, 0.3) is 0 Å². The van der Waals surface area contributed by atoms with E-state index in [4.69, 9.17) is 5.73 Å². The lowest BCUT2D eigenvalue weighted by Gasteiger charge is -2.05. The van der Waals surface area contributed by atoms with Crippen molar-refractivity contribution >= 4 is 12.1 Å². The lowest BCUT2D eigenvalue weighted by atomic mass is 10.5. The molecule has 0 bridgehead atoms. The Labute approximate surface area is 60.7 Å². The Bertz CT molecular complexity index is 133. The third kappa shape index (κ3) is 4.03. The van der Waals surface area contributed by atoms with Crippen LogP contribution in [-0.4, -0.2) is 30.7 Å². The van der Waals surface area contributed by atoms with Gasteiger partial charge in [0.05, 0.1) is 0 Å². The molecule has 58 valence electrons. The van der Waals surface area contributed by atoms with Gasteiger partial charge in [-0.3, -0.25) is 4.79 Å². The lowest BCUT2D eigenvalue weighted by Crippen LogP contribution is -2.17. The first-order valence-corrected chi connectivity index (χ1v) is 3.15. The van der Waals surface area contributed by atoms with Gasteiger partial charge in [-0.05, 0) is 13.0 Å². The number of nitrogens with zero attached hydrogens (tertiary/aromatic N) is 2. The monoisotopic (exact) mass is 143 g/mol. The SMILES string of the molecule is CC(=O)N(C)/N=C/CCN. The van der Waals surface area contributed by atoms with Crippen LogP contribution in [0.1, 0.15) is 13.3 Å². The predicted octanol–water partition coefficient (Wildman–Crippen LogP) is -0.201. The Morgan fingerprint density at radius 3 is 2.80 bits per heavy atom. The molecule has 0 fully saturated rings. The average molecular weight is 143 g/mol. The van der Waals surface area contributed by atoms with E-state index in [1.807, 2.05) is 0 Å². The Morgan fingerprint density at radius 2 is 2.40 bits per heavy atom. The highest BCUT2D eigenvalue weighted by Gasteiger charge is 1.94. The molecule has 0 aromatic heterocycles. The van der Waals surface area contributed by atoms with E-state index in [-0.39, 0.29) is 5.91 Å². The van der Waals surface area contributed by atoms with Gasteiger partial charge in [0.1, 0.15) is 0 Å². The van der Waals surface area contributed by atoms with Crippen molar-refractivity contribution in [2.45, 2.75) is 13.3 Å². The number of hydrogen-bond donors (Lipinski definition) is 1. The van der Waals surface area contributed by atoms with E-state index in [0.717, 1.165) is 0 Å². The van der Waals surface area contributed by atoms with E-state index in [0.29, 0.717) is 13.0 Å². The molecule has 0 aromatic rings. The third-order valence-corrected chi connectivity index (χ3v) is 1.01. The Morgan fingerprint density at radius 1 is 1.80 bits per heavy atom. The Kier molecular flexibility index (Phi) is 4.49. The molecule has 0 saturated heterocycles. The summed E-state index contributed by atoms with van der Waals surface area (Å²) in [4.78, 5) is 10.5. The van der Waals surface area contributed by atoms with Crippen LogP contribution in [0.4, 0.5) is 0 Å². The second-order valence-electron chi connectivity index (χ2n) is 1.92. The van der Waals surface area contributed by atoms with Crippen LogP contribution in [0.5, 0.6) is 0 Å². The minimum atomic E-state index is -0.0757. The number of amides is 1. The first-order chi connectivity index (χ1) is 4.68. The molecule has 0 unspecified atom stereocenters. The summed E-state index contributed by atoms with van der Waals surface area (Å²) in [5.74, 6) is -0.0757. The molecule has 0 heterocycles. The molecule has 4 heteroatoms. The Hall–Kier alpha value is -0.900. The summed E-state index contributed by atoms with van der Waals surface area (Å²) in [5, 5.41) is 5.07. The first-order valence-electron chi connectivity index (χ1n) is 3.15. The molecule has 0 aromatic carbocycles. The fourth-order valence-electron chi connectivity index (χ4n) is 0.336. The maximum atomic E-state index is 10.5. The molecule has 0 aliphatic carbocycles. The van der Waals surface area contributed by atoms with Crippen LogP contribution in [0.3, 0.4) is 0 Å². The molecule has 0 atom stereocenters. The van der Waals surface area contributed by atoms with Gasteiger partial charge >= 0.3 is 0 Å². The second kappa shape index (κ2) is 4.93. The van der Waals surface area contributed by atoms with Crippen molar-refractivity contribution in [3.8, 4) is 0 Å². The molecule has 0 aliphatic heterocycles. The van der Waals surface area contributed by atoms with Gasteiger partial charge in [-0.2, -0.15) is 5.10 Å². The highest BCUT2D eigenvalue weighted by atomic mass is 16.2. The first kappa shape index (κ1) is 9.10. The molecule has 0 spiro atoms. The van der Waals surface area contributed by atoms with Gasteiger partial charge in [-0.15, -0.1) is 0 Å². The normalized spacial score (nSPS) is 10.3. The quantitative estimate of drug-likeness (QED) is 0.439. The lowest BCUT2D eigenvalue weighted by molar-refractivity contribution is -0.127. The largest absolute Gasteiger partial charge is 0.330 e. The summed E-state index contributed by atoms with van der Waals surface area (Å²) in [6, 6.07) is 0. The maximum Gasteiger partial charge on any atom is 0.239 e. The molecule has 4 nitrogen and oxygen atoms in total. The van der Waals surface area contributed by atoms with Crippen molar-refractivity contribution in [1.82, 2.24) is 5.01 Å². The zero-order chi connectivity index (χ0) is 7.98. The standard InChI is InChI=1S/C6H13N3O/c1-6(10)9(2)8-5-3-4-7/h5H,3-4,7H2,1-2H3/b8-5+. The number of hydrogen-bond acceptors (Lipinski definition) is 3. The van der Waals surface area contributed by atoms with E-state index in [2.05, 4.69) is 5.10 Å². The highest BCUT2D eigenvalue weighted by molar-refractivity contribution is 5.73. The highest BCUT2D eigenvalue weighted by Crippen LogP contribution is 1.82. The average Bonchev–Trinajstić information content (AvgIpc) is 1.88. The van der Waals surface area contributed by atoms with Crippen LogP contribution in [0.25, 0.3) is 0 Å². The molecule has 10 heavy (non-hydrogen) atoms. The molecule has 0 aliphatic rings. The van der Waals surface area contributed by atoms with Crippen LogP contribution >= 0.6 is 0 Å². The smallest absolute Gasteiger partial charge is 0.239 e. The molecular formula is C6H13N3O. The van der Waals surface area contributed by atoms with Gasteiger partial charge < -0.3 is 5.73 Å². The maximum absolute atomic E-state index is 10.5. The third-order valence-electron chi connectivity index (χ3n) is 1.01. The van der Waals surface area contributed by atoms with Crippen molar-refractivity contribution in [1.29, 1.82) is 0 Å². The summed E-state index contributed by atoms with van der Waals surface area (Å²) in [7, 11) is 1.61. The zero-order valence-electron chi connectivity index (χ0n) is 6.37. The molecule has 0 saturated carbocycles. The van der Waals surface area contributed by atoms with Gasteiger partial charge in [0.2, 0.25) is 5.91 Å². The number of carbonyl (C=O) groups excluding carboxylic acids is 1. The van der Waals surface area contributed by atoms with Crippen molar-refractivity contribution in [2.75, 3.05) is 13.6 Å². The van der Waals surface area contributed by atoms with Gasteiger partial charge in [-0.1, -0.05) is 0 Å². The number of carbonyl (C=O) groups is 1. The van der Waals surface area contributed by atoms with E-state index in [9.17, 15) is 4.79 Å². The van der Waals surface area contributed by atoms with Crippen LogP contribution in [0.2, 0.25) is 0 Å². The van der Waals surface area contributed by atoms with Crippen LogP contribution in [-0.2, 0) is 4.79 Å². The van der Waals surface area contributed by atoms with Gasteiger partial charge in [-0.25, -0.2) is 5.01 Å². The van der Waals surface area contributed by atoms with Crippen molar-refractivity contribution in [2.24, 2.45) is 10.8 Å². The molecular weight excluding hydrogens is 130 g/mol. The molecule has 1 amide bonds. The number of hydrazone groups is 1. The summed E-state index contributed by atoms with van der Waals surface area (Å²) in [5.41, 5.74) is 5.20. The minimum absolute atomic E-state index is 0.0757. The van der Waals surface area contributed by atoms with Crippen molar-refractivity contribution < 1.29 is 4.79 Å². The van der Waals surface area contributed by atoms with E-state index < -0.39 is 0 Å². The van der Waals surface area contributed by atoms with Gasteiger partial charge in [0.15, 0.2) is 0 Å². The summed E-state index contributed by atoms with van der Waals surface area (Å²) in [6.45, 7) is 2.02. The molecule has 0 radical (unpaired) electrons. The minimum Gasteiger partial charge on any atom is -0.330 e. The summed E-state index contributed by atoms with van der Waals surface area (Å²) >= 11 is 0. The summed E-state index contributed by atoms with van der Waals surface area (Å²) < 4.78 is 0. The van der Waals surface area contributed by atoms with Crippen LogP contribution < -0.4 is 5.73 Å². The molecule has 0 rings (SSSR count). The van der Waals surface area contributed by atoms with E-state index in [1.165, 1.54) is 11.9 Å². The van der Waals surface area contributed by atoms with Gasteiger partial charge in [0, 0.05) is 20.2 Å². The number of rotatable bonds is 3. The Balaban J connectivity index is 3.55. The summed E-state index contributed by atoms with van der Waals surface area (Å²) in [6.07, 6.45) is 2.33. The van der Waals surface area contributed by atoms with Crippen molar-refractivity contribution in [3.63, 3.8) is 0 Å². The second-order valence-corrected chi connectivity index (χ2v) is 1.92. The van der Waals surface area contributed by atoms with E-state index in [1.54, 1.807) is 13.3 Å². The van der Waals surface area contributed by atoms with Crippen LogP contribution in [0.15, 0.2) is 5.10 Å². The molecule has 2 N–H and O–H groups in total. The van der Waals surface area contributed by atoms with E-state index >= 15 is 0 Å².